The summed E-state index contributed by atoms with van der Waals surface area (Å²) in [6, 6.07) is 5.59. The van der Waals surface area contributed by atoms with Crippen LogP contribution in [0, 0.1) is 13.8 Å². The number of hydrogen-bond donors (Lipinski definition) is 1. The van der Waals surface area contributed by atoms with Gasteiger partial charge < -0.3 is 10.1 Å². The first kappa shape index (κ1) is 15.0. The number of ether oxygens (including phenoxy) is 1. The molecule has 0 atom stereocenters. The van der Waals surface area contributed by atoms with Crippen LogP contribution in [-0.4, -0.2) is 34.4 Å². The largest absolute Gasteiger partial charge is 0.464 e. The number of nitrogens with zero attached hydrogens (tertiary/aromatic N) is 3. The van der Waals surface area contributed by atoms with Crippen molar-refractivity contribution in [2.45, 2.75) is 26.8 Å². The van der Waals surface area contributed by atoms with Crippen LogP contribution in [0.3, 0.4) is 0 Å². The van der Waals surface area contributed by atoms with Crippen LogP contribution >= 0.6 is 0 Å². The molecule has 21 heavy (non-hydrogen) atoms. The van der Waals surface area contributed by atoms with Gasteiger partial charge in [0.25, 0.3) is 0 Å². The molecule has 0 aliphatic rings. The van der Waals surface area contributed by atoms with Gasteiger partial charge in [-0.1, -0.05) is 0 Å². The lowest BCUT2D eigenvalue weighted by atomic mass is 10.3. The van der Waals surface area contributed by atoms with E-state index in [1.54, 1.807) is 12.3 Å². The Morgan fingerprint density at radius 2 is 2.19 bits per heavy atom. The minimum atomic E-state index is -0.429. The van der Waals surface area contributed by atoms with Crippen LogP contribution in [-0.2, 0) is 11.3 Å². The van der Waals surface area contributed by atoms with E-state index in [0.29, 0.717) is 5.69 Å². The number of aryl methyl sites for hydroxylation is 3. The van der Waals surface area contributed by atoms with Crippen molar-refractivity contribution in [2.75, 3.05) is 19.0 Å². The van der Waals surface area contributed by atoms with E-state index >= 15 is 0 Å². The number of anilines is 1. The van der Waals surface area contributed by atoms with Crippen LogP contribution in [0.1, 0.15) is 28.3 Å². The number of aromatic nitrogens is 3. The molecule has 0 fully saturated rings. The summed E-state index contributed by atoms with van der Waals surface area (Å²) in [4.78, 5) is 15.4. The second kappa shape index (κ2) is 6.88. The van der Waals surface area contributed by atoms with E-state index in [9.17, 15) is 4.79 Å². The number of rotatable bonds is 6. The van der Waals surface area contributed by atoms with Crippen LogP contribution in [0.2, 0.25) is 0 Å². The van der Waals surface area contributed by atoms with Gasteiger partial charge in [0.05, 0.1) is 12.8 Å². The topological polar surface area (TPSA) is 69.0 Å². The van der Waals surface area contributed by atoms with E-state index in [0.717, 1.165) is 30.9 Å². The number of carbonyl (C=O) groups is 1. The van der Waals surface area contributed by atoms with E-state index in [2.05, 4.69) is 33.1 Å². The van der Waals surface area contributed by atoms with Gasteiger partial charge in [-0.15, -0.1) is 0 Å². The predicted octanol–water partition coefficient (Wildman–Crippen LogP) is 2.18. The number of esters is 1. The van der Waals surface area contributed by atoms with Gasteiger partial charge in [0.2, 0.25) is 0 Å². The molecule has 0 spiro atoms. The lowest BCUT2D eigenvalue weighted by Gasteiger charge is -2.08. The lowest BCUT2D eigenvalue weighted by molar-refractivity contribution is 0.0594. The Morgan fingerprint density at radius 3 is 2.86 bits per heavy atom. The van der Waals surface area contributed by atoms with Crippen molar-refractivity contribution in [3.63, 3.8) is 0 Å². The number of pyridine rings is 1. The Hall–Kier alpha value is -2.37. The van der Waals surface area contributed by atoms with Crippen molar-refractivity contribution in [3.8, 4) is 0 Å². The van der Waals surface area contributed by atoms with E-state index in [4.69, 9.17) is 0 Å². The number of nitrogens with one attached hydrogen (secondary N) is 1. The van der Waals surface area contributed by atoms with Crippen molar-refractivity contribution in [1.29, 1.82) is 0 Å². The van der Waals surface area contributed by atoms with Gasteiger partial charge in [-0.2, -0.15) is 5.10 Å². The van der Waals surface area contributed by atoms with Gasteiger partial charge in [0, 0.05) is 30.7 Å². The maximum Gasteiger partial charge on any atom is 0.356 e. The Kier molecular flexibility index (Phi) is 4.92. The highest BCUT2D eigenvalue weighted by molar-refractivity contribution is 5.88. The van der Waals surface area contributed by atoms with E-state index in [-0.39, 0.29) is 0 Å². The molecule has 0 saturated heterocycles. The van der Waals surface area contributed by atoms with Gasteiger partial charge in [-0.25, -0.2) is 9.78 Å². The molecular formula is C15H20N4O2. The lowest BCUT2D eigenvalue weighted by Crippen LogP contribution is -2.10. The average molecular weight is 288 g/mol. The third-order valence-corrected chi connectivity index (χ3v) is 3.13. The van der Waals surface area contributed by atoms with Crippen LogP contribution in [0.4, 0.5) is 5.69 Å². The minimum absolute atomic E-state index is 0.307. The molecule has 0 aromatic carbocycles. The molecule has 2 heterocycles. The summed E-state index contributed by atoms with van der Waals surface area (Å²) in [5.41, 5.74) is 3.38. The summed E-state index contributed by atoms with van der Waals surface area (Å²) in [6.45, 7) is 5.70. The average Bonchev–Trinajstić information content (AvgIpc) is 2.81. The standard InChI is InChI=1S/C15H20N4O2/c1-11-9-12(2)19(18-11)8-4-6-16-13-5-7-17-14(10-13)15(20)21-3/h5,7,9-10H,4,6,8H2,1-3H3,(H,16,17). The quantitative estimate of drug-likeness (QED) is 0.652. The molecule has 0 unspecified atom stereocenters. The fourth-order valence-electron chi connectivity index (χ4n) is 2.12. The first-order chi connectivity index (χ1) is 10.1. The van der Waals surface area contributed by atoms with Gasteiger partial charge >= 0.3 is 5.97 Å². The molecular weight excluding hydrogens is 268 g/mol. The molecule has 0 aliphatic carbocycles. The summed E-state index contributed by atoms with van der Waals surface area (Å²) in [6.07, 6.45) is 2.54. The monoisotopic (exact) mass is 288 g/mol. The van der Waals surface area contributed by atoms with Crippen molar-refractivity contribution in [2.24, 2.45) is 0 Å². The zero-order valence-corrected chi connectivity index (χ0v) is 12.6. The third kappa shape index (κ3) is 4.05. The zero-order chi connectivity index (χ0) is 15.2. The molecule has 6 nitrogen and oxygen atoms in total. The maximum absolute atomic E-state index is 11.4. The summed E-state index contributed by atoms with van der Waals surface area (Å²) in [7, 11) is 1.35. The highest BCUT2D eigenvalue weighted by atomic mass is 16.5. The predicted molar refractivity (Wildman–Crippen MR) is 80.4 cm³/mol. The first-order valence-electron chi connectivity index (χ1n) is 6.89. The molecule has 6 heteroatoms. The molecule has 2 rings (SSSR count). The summed E-state index contributed by atoms with van der Waals surface area (Å²) >= 11 is 0. The summed E-state index contributed by atoms with van der Waals surface area (Å²) in [5.74, 6) is -0.429. The van der Waals surface area contributed by atoms with Gasteiger partial charge in [-0.05, 0) is 38.5 Å². The maximum atomic E-state index is 11.4. The fourth-order valence-corrected chi connectivity index (χ4v) is 2.12. The van der Waals surface area contributed by atoms with Crippen molar-refractivity contribution >= 4 is 11.7 Å². The van der Waals surface area contributed by atoms with Gasteiger partial charge in [0.15, 0.2) is 0 Å². The second-order valence-corrected chi connectivity index (χ2v) is 4.85. The smallest absolute Gasteiger partial charge is 0.356 e. The van der Waals surface area contributed by atoms with Crippen LogP contribution < -0.4 is 5.32 Å². The summed E-state index contributed by atoms with van der Waals surface area (Å²) in [5, 5.41) is 7.69. The number of carbonyl (C=O) groups excluding carboxylic acids is 1. The zero-order valence-electron chi connectivity index (χ0n) is 12.6. The van der Waals surface area contributed by atoms with E-state index in [1.165, 1.54) is 12.8 Å². The minimum Gasteiger partial charge on any atom is -0.464 e. The highest BCUT2D eigenvalue weighted by Gasteiger charge is 2.07. The van der Waals surface area contributed by atoms with Crippen LogP contribution in [0.25, 0.3) is 0 Å². The molecule has 0 saturated carbocycles. The van der Waals surface area contributed by atoms with Crippen molar-refractivity contribution in [1.82, 2.24) is 14.8 Å². The fraction of sp³-hybridized carbons (Fsp3) is 0.400. The third-order valence-electron chi connectivity index (χ3n) is 3.13. The van der Waals surface area contributed by atoms with Crippen LogP contribution in [0.15, 0.2) is 24.4 Å². The first-order valence-corrected chi connectivity index (χ1v) is 6.89. The molecule has 0 radical (unpaired) electrons. The number of hydrogen-bond acceptors (Lipinski definition) is 5. The van der Waals surface area contributed by atoms with Crippen molar-refractivity contribution < 1.29 is 9.53 Å². The second-order valence-electron chi connectivity index (χ2n) is 4.85. The Bertz CT molecular complexity index is 622. The molecule has 112 valence electrons. The van der Waals surface area contributed by atoms with E-state index < -0.39 is 5.97 Å². The Labute approximate surface area is 124 Å². The van der Waals surface area contributed by atoms with Gasteiger partial charge in [-0.3, -0.25) is 4.68 Å². The van der Waals surface area contributed by atoms with Gasteiger partial charge in [0.1, 0.15) is 5.69 Å². The molecule has 0 amide bonds. The van der Waals surface area contributed by atoms with E-state index in [1.807, 2.05) is 17.7 Å². The number of methoxy groups -OCH3 is 1. The normalized spacial score (nSPS) is 10.4. The van der Waals surface area contributed by atoms with Crippen molar-refractivity contribution in [3.05, 3.63) is 41.5 Å². The molecule has 0 aliphatic heterocycles. The van der Waals surface area contributed by atoms with Crippen LogP contribution in [0.5, 0.6) is 0 Å². The Morgan fingerprint density at radius 1 is 1.38 bits per heavy atom. The SMILES string of the molecule is COC(=O)c1cc(NCCCn2nc(C)cc2C)ccn1. The molecule has 2 aromatic rings. The molecule has 0 bridgehead atoms. The molecule has 1 N–H and O–H groups in total. The summed E-state index contributed by atoms with van der Waals surface area (Å²) < 4.78 is 6.65. The Balaban J connectivity index is 1.83. The molecule has 2 aromatic heterocycles. The highest BCUT2D eigenvalue weighted by Crippen LogP contribution is 2.09.